The fraction of sp³-hybridized carbons (Fsp3) is 0.286. The summed E-state index contributed by atoms with van der Waals surface area (Å²) in [7, 11) is 0. The molecule has 1 aromatic heterocycles. The molecule has 1 aliphatic rings. The number of nitrogens with two attached hydrogens (primary N) is 1. The molecule has 0 fully saturated rings. The molecule has 1 aromatic carbocycles. The molecule has 1 heterocycles. The minimum atomic E-state index is -0.241. The number of rotatable bonds is 1. The zero-order valence-electron chi connectivity index (χ0n) is 9.36. The Bertz CT molecular complexity index is 529. The van der Waals surface area contributed by atoms with Crippen LogP contribution >= 0.6 is 11.3 Å². The lowest BCUT2D eigenvalue weighted by molar-refractivity contribution is 0.543. The van der Waals surface area contributed by atoms with Crippen LogP contribution in [0.1, 0.15) is 28.0 Å². The summed E-state index contributed by atoms with van der Waals surface area (Å²) in [6.07, 6.45) is 2.14. The number of benzene rings is 1. The Morgan fingerprint density at radius 3 is 2.81 bits per heavy atom. The monoisotopic (exact) mass is 229 g/mol. The average molecular weight is 229 g/mol. The second kappa shape index (κ2) is 3.44. The van der Waals surface area contributed by atoms with Gasteiger partial charge in [0.2, 0.25) is 0 Å². The van der Waals surface area contributed by atoms with Crippen molar-refractivity contribution < 1.29 is 0 Å². The largest absolute Gasteiger partial charge is 0.317 e. The van der Waals surface area contributed by atoms with Crippen LogP contribution in [0.2, 0.25) is 0 Å². The zero-order chi connectivity index (χ0) is 11.2. The van der Waals surface area contributed by atoms with Gasteiger partial charge in [-0.25, -0.2) is 0 Å². The Hall–Kier alpha value is -1.12. The molecular weight excluding hydrogens is 214 g/mol. The van der Waals surface area contributed by atoms with Crippen molar-refractivity contribution in [2.24, 2.45) is 5.73 Å². The van der Waals surface area contributed by atoms with Crippen molar-refractivity contribution in [1.82, 2.24) is 0 Å². The molecule has 0 saturated carbocycles. The molecule has 1 aliphatic carbocycles. The van der Waals surface area contributed by atoms with Crippen molar-refractivity contribution in [3.05, 3.63) is 57.3 Å². The summed E-state index contributed by atoms with van der Waals surface area (Å²) in [6.45, 7) is 2.15. The van der Waals surface area contributed by atoms with E-state index in [4.69, 9.17) is 5.73 Å². The van der Waals surface area contributed by atoms with Crippen LogP contribution in [0.15, 0.2) is 35.7 Å². The van der Waals surface area contributed by atoms with Crippen LogP contribution in [0.3, 0.4) is 0 Å². The van der Waals surface area contributed by atoms with Crippen molar-refractivity contribution in [2.75, 3.05) is 0 Å². The van der Waals surface area contributed by atoms with Crippen molar-refractivity contribution in [2.45, 2.75) is 25.3 Å². The van der Waals surface area contributed by atoms with Gasteiger partial charge in [-0.2, -0.15) is 0 Å². The first-order valence-electron chi connectivity index (χ1n) is 5.63. The van der Waals surface area contributed by atoms with Gasteiger partial charge < -0.3 is 5.73 Å². The molecule has 0 amide bonds. The third kappa shape index (κ3) is 1.27. The van der Waals surface area contributed by atoms with E-state index in [9.17, 15) is 0 Å². The molecule has 1 atom stereocenters. The summed E-state index contributed by atoms with van der Waals surface area (Å²) in [5.41, 5.74) is 10.5. The van der Waals surface area contributed by atoms with Crippen molar-refractivity contribution in [1.29, 1.82) is 0 Å². The highest BCUT2D eigenvalue weighted by Crippen LogP contribution is 2.42. The van der Waals surface area contributed by atoms with Crippen LogP contribution < -0.4 is 5.73 Å². The highest BCUT2D eigenvalue weighted by Gasteiger charge is 2.38. The Balaban J connectivity index is 2.19. The predicted molar refractivity (Wildman–Crippen MR) is 68.8 cm³/mol. The van der Waals surface area contributed by atoms with E-state index in [-0.39, 0.29) is 5.54 Å². The van der Waals surface area contributed by atoms with Gasteiger partial charge in [-0.3, -0.25) is 0 Å². The smallest absolute Gasteiger partial charge is 0.0767 e. The average Bonchev–Trinajstić information content (AvgIpc) is 2.86. The highest BCUT2D eigenvalue weighted by atomic mass is 32.1. The maximum atomic E-state index is 6.65. The SMILES string of the molecule is Cc1ccsc1C1(N)CCc2ccccc21. The molecule has 0 aliphatic heterocycles. The highest BCUT2D eigenvalue weighted by molar-refractivity contribution is 7.10. The maximum absolute atomic E-state index is 6.65. The summed E-state index contributed by atoms with van der Waals surface area (Å²) in [6, 6.07) is 10.7. The summed E-state index contributed by atoms with van der Waals surface area (Å²) in [5, 5.41) is 2.14. The minimum Gasteiger partial charge on any atom is -0.317 e. The van der Waals surface area contributed by atoms with E-state index in [1.807, 2.05) is 0 Å². The molecule has 1 unspecified atom stereocenters. The molecule has 2 heteroatoms. The van der Waals surface area contributed by atoms with Gasteiger partial charge in [-0.15, -0.1) is 11.3 Å². The number of thiophene rings is 1. The molecule has 0 bridgehead atoms. The fourth-order valence-electron chi connectivity index (χ4n) is 2.71. The van der Waals surface area contributed by atoms with Crippen molar-refractivity contribution in [3.63, 3.8) is 0 Å². The number of hydrogen-bond donors (Lipinski definition) is 1. The summed E-state index contributed by atoms with van der Waals surface area (Å²) in [5.74, 6) is 0. The molecule has 1 nitrogen and oxygen atoms in total. The maximum Gasteiger partial charge on any atom is 0.0767 e. The Morgan fingerprint density at radius 2 is 2.06 bits per heavy atom. The van der Waals surface area contributed by atoms with Gasteiger partial charge in [0.15, 0.2) is 0 Å². The van der Waals surface area contributed by atoms with Gasteiger partial charge in [0, 0.05) is 4.88 Å². The van der Waals surface area contributed by atoms with E-state index < -0.39 is 0 Å². The molecule has 3 rings (SSSR count). The standard InChI is InChI=1S/C14H15NS/c1-10-7-9-16-13(10)14(15)8-6-11-4-2-3-5-12(11)14/h2-5,7,9H,6,8,15H2,1H3. The quantitative estimate of drug-likeness (QED) is 0.798. The van der Waals surface area contributed by atoms with Crippen LogP contribution in [-0.4, -0.2) is 0 Å². The molecule has 0 saturated heterocycles. The van der Waals surface area contributed by atoms with Gasteiger partial charge in [-0.1, -0.05) is 24.3 Å². The van der Waals surface area contributed by atoms with E-state index in [1.54, 1.807) is 11.3 Å². The van der Waals surface area contributed by atoms with Crippen LogP contribution in [0.25, 0.3) is 0 Å². The number of aryl methyl sites for hydroxylation is 2. The van der Waals surface area contributed by atoms with Gasteiger partial charge >= 0.3 is 0 Å². The molecule has 2 aromatic rings. The Labute approximate surface area is 99.9 Å². The molecule has 0 spiro atoms. The van der Waals surface area contributed by atoms with Gasteiger partial charge in [0.05, 0.1) is 5.54 Å². The summed E-state index contributed by atoms with van der Waals surface area (Å²) < 4.78 is 0. The predicted octanol–water partition coefficient (Wildman–Crippen LogP) is 3.21. The van der Waals surface area contributed by atoms with Crippen LogP contribution in [-0.2, 0) is 12.0 Å². The molecule has 16 heavy (non-hydrogen) atoms. The third-order valence-corrected chi connectivity index (χ3v) is 4.75. The Kier molecular flexibility index (Phi) is 2.16. The normalized spacial score (nSPS) is 23.4. The van der Waals surface area contributed by atoms with Crippen LogP contribution in [0.5, 0.6) is 0 Å². The summed E-state index contributed by atoms with van der Waals surface area (Å²) in [4.78, 5) is 1.33. The second-order valence-electron chi connectivity index (χ2n) is 4.56. The minimum absolute atomic E-state index is 0.241. The lowest BCUT2D eigenvalue weighted by Crippen LogP contribution is -2.35. The molecule has 0 radical (unpaired) electrons. The first kappa shape index (κ1) is 10.1. The number of hydrogen-bond acceptors (Lipinski definition) is 2. The summed E-state index contributed by atoms with van der Waals surface area (Å²) >= 11 is 1.78. The van der Waals surface area contributed by atoms with Gasteiger partial charge in [-0.05, 0) is 47.9 Å². The first-order valence-corrected chi connectivity index (χ1v) is 6.51. The van der Waals surface area contributed by atoms with E-state index in [0.717, 1.165) is 12.8 Å². The lowest BCUT2D eigenvalue weighted by Gasteiger charge is -2.25. The molecule has 82 valence electrons. The van der Waals surface area contributed by atoms with Crippen LogP contribution in [0.4, 0.5) is 0 Å². The van der Waals surface area contributed by atoms with Crippen molar-refractivity contribution >= 4 is 11.3 Å². The van der Waals surface area contributed by atoms with Crippen molar-refractivity contribution in [3.8, 4) is 0 Å². The van der Waals surface area contributed by atoms with Gasteiger partial charge in [0.1, 0.15) is 0 Å². The molecular formula is C14H15NS. The first-order chi connectivity index (χ1) is 7.72. The number of fused-ring (bicyclic) bond motifs is 1. The fourth-order valence-corrected chi connectivity index (χ4v) is 3.79. The van der Waals surface area contributed by atoms with E-state index in [2.05, 4.69) is 42.6 Å². The van der Waals surface area contributed by atoms with E-state index >= 15 is 0 Å². The molecule has 2 N–H and O–H groups in total. The lowest BCUT2D eigenvalue weighted by atomic mass is 9.89. The van der Waals surface area contributed by atoms with E-state index in [0.29, 0.717) is 0 Å². The topological polar surface area (TPSA) is 26.0 Å². The third-order valence-electron chi connectivity index (χ3n) is 3.55. The van der Waals surface area contributed by atoms with Gasteiger partial charge in [0.25, 0.3) is 0 Å². The zero-order valence-corrected chi connectivity index (χ0v) is 10.2. The van der Waals surface area contributed by atoms with E-state index in [1.165, 1.54) is 21.6 Å². The van der Waals surface area contributed by atoms with Crippen LogP contribution in [0, 0.1) is 6.92 Å². The second-order valence-corrected chi connectivity index (χ2v) is 5.48. The Morgan fingerprint density at radius 1 is 1.25 bits per heavy atom.